The number of phosphoric acid groups is 1. The minimum atomic E-state index is -4.39. The maximum absolute atomic E-state index is 12.6. The summed E-state index contributed by atoms with van der Waals surface area (Å²) in [7, 11) is -4.39. The van der Waals surface area contributed by atoms with E-state index in [1.54, 1.807) is 0 Å². The van der Waals surface area contributed by atoms with Crippen molar-refractivity contribution in [3.63, 3.8) is 0 Å². The van der Waals surface area contributed by atoms with Gasteiger partial charge in [-0.1, -0.05) is 126 Å². The van der Waals surface area contributed by atoms with Gasteiger partial charge in [0.05, 0.1) is 25.4 Å². The van der Waals surface area contributed by atoms with Crippen LogP contribution in [0.2, 0.25) is 0 Å². The molecule has 1 aliphatic rings. The van der Waals surface area contributed by atoms with Crippen LogP contribution in [0.25, 0.3) is 0 Å². The molecule has 0 radical (unpaired) electrons. The molecule has 3 unspecified atom stereocenters. The van der Waals surface area contributed by atoms with Gasteiger partial charge < -0.3 is 24.8 Å². The number of hydrogen-bond donors (Lipinski definition) is 2. The maximum Gasteiger partial charge on any atom is 0.472 e. The molecule has 0 amide bonds. The molecule has 1 saturated heterocycles. The number of esters is 2. The largest absolute Gasteiger partial charge is 0.472 e. The molecule has 0 aromatic rings. The lowest BCUT2D eigenvalue weighted by Crippen LogP contribution is -2.29. The van der Waals surface area contributed by atoms with E-state index in [0.29, 0.717) is 25.0 Å². The van der Waals surface area contributed by atoms with Gasteiger partial charge in [0.1, 0.15) is 6.61 Å². The summed E-state index contributed by atoms with van der Waals surface area (Å²) in [5.41, 5.74) is 5.34. The standard InChI is InChI=1S/C43H74NO9P/c1-3-5-7-9-11-12-13-14-15-16-17-18-19-20-21-25-30-34-43(46)52-39(38-51-54(47,48)50-36-35-44)37-49-42(45)33-29-26-22-24-28-32-41-40(53-41)31-27-23-10-8-6-4-2/h5,7,11-12,14-15,17-18,23,27,39-41H,3-4,6,8-10,13,16,19-22,24-26,28-38,44H2,1-2H3,(H,47,48)/b7-5-,12-11-,15-14-,18-17-,27-23-/t39-,40?,41?/m1/s1. The average molecular weight is 780 g/mol. The highest BCUT2D eigenvalue weighted by atomic mass is 31.2. The van der Waals surface area contributed by atoms with Crippen LogP contribution in [0.5, 0.6) is 0 Å². The lowest BCUT2D eigenvalue weighted by atomic mass is 10.1. The first-order valence-electron chi connectivity index (χ1n) is 20.9. The highest BCUT2D eigenvalue weighted by Crippen LogP contribution is 2.43. The van der Waals surface area contributed by atoms with E-state index in [9.17, 15) is 19.0 Å². The molecule has 0 aromatic carbocycles. The van der Waals surface area contributed by atoms with Crippen molar-refractivity contribution >= 4 is 19.8 Å². The molecule has 0 aromatic heterocycles. The van der Waals surface area contributed by atoms with Gasteiger partial charge in [0.15, 0.2) is 6.10 Å². The summed E-state index contributed by atoms with van der Waals surface area (Å²) in [5, 5.41) is 0. The summed E-state index contributed by atoms with van der Waals surface area (Å²) in [4.78, 5) is 34.9. The lowest BCUT2D eigenvalue weighted by Gasteiger charge is -2.19. The van der Waals surface area contributed by atoms with Gasteiger partial charge in [-0.2, -0.15) is 0 Å². The first kappa shape index (κ1) is 49.7. The molecular formula is C43H74NO9P. The number of unbranched alkanes of at least 4 members (excludes halogenated alkanes) is 11. The number of allylic oxidation sites excluding steroid dienone is 9. The highest BCUT2D eigenvalue weighted by molar-refractivity contribution is 7.47. The Kier molecular flexibility index (Phi) is 32.3. The number of carbonyl (C=O) groups is 2. The molecule has 0 aliphatic carbocycles. The number of phosphoric ester groups is 1. The third-order valence-electron chi connectivity index (χ3n) is 8.81. The van der Waals surface area contributed by atoms with Crippen molar-refractivity contribution in [3.05, 3.63) is 60.8 Å². The van der Waals surface area contributed by atoms with Crippen molar-refractivity contribution in [1.82, 2.24) is 0 Å². The minimum absolute atomic E-state index is 0.0416. The Bertz CT molecular complexity index is 1140. The van der Waals surface area contributed by atoms with Gasteiger partial charge in [-0.05, 0) is 77.0 Å². The van der Waals surface area contributed by atoms with Gasteiger partial charge in [-0.25, -0.2) is 4.57 Å². The molecule has 1 heterocycles. The Morgan fingerprint density at radius 2 is 1.26 bits per heavy atom. The summed E-state index contributed by atoms with van der Waals surface area (Å²) in [6, 6.07) is 0. The summed E-state index contributed by atoms with van der Waals surface area (Å²) in [6.07, 6.45) is 42.7. The van der Waals surface area contributed by atoms with Gasteiger partial charge in [-0.15, -0.1) is 0 Å². The molecule has 4 atom stereocenters. The monoisotopic (exact) mass is 780 g/mol. The number of rotatable bonds is 37. The fourth-order valence-corrected chi connectivity index (χ4v) is 6.40. The van der Waals surface area contributed by atoms with E-state index in [-0.39, 0.29) is 32.6 Å². The Hall–Kier alpha value is -2.33. The summed E-state index contributed by atoms with van der Waals surface area (Å²) in [6.45, 7) is 3.51. The van der Waals surface area contributed by atoms with Gasteiger partial charge in [-0.3, -0.25) is 18.6 Å². The first-order chi connectivity index (χ1) is 26.3. The summed E-state index contributed by atoms with van der Waals surface area (Å²) >= 11 is 0. The van der Waals surface area contributed by atoms with Crippen LogP contribution in [0.4, 0.5) is 0 Å². The fourth-order valence-electron chi connectivity index (χ4n) is 5.63. The van der Waals surface area contributed by atoms with Crippen LogP contribution in [0.15, 0.2) is 60.8 Å². The van der Waals surface area contributed by atoms with Crippen molar-refractivity contribution in [2.45, 2.75) is 173 Å². The first-order valence-corrected chi connectivity index (χ1v) is 22.4. The molecule has 11 heteroatoms. The Morgan fingerprint density at radius 3 is 1.93 bits per heavy atom. The zero-order valence-electron chi connectivity index (χ0n) is 33.6. The van der Waals surface area contributed by atoms with Crippen LogP contribution in [0, 0.1) is 0 Å². The van der Waals surface area contributed by atoms with E-state index in [4.69, 9.17) is 29.0 Å². The second-order valence-electron chi connectivity index (χ2n) is 13.9. The van der Waals surface area contributed by atoms with Crippen LogP contribution < -0.4 is 5.73 Å². The molecular weight excluding hydrogens is 705 g/mol. The Morgan fingerprint density at radius 1 is 0.685 bits per heavy atom. The molecule has 1 aliphatic heterocycles. The smallest absolute Gasteiger partial charge is 0.462 e. The molecule has 0 spiro atoms. The van der Waals surface area contributed by atoms with Gasteiger partial charge >= 0.3 is 19.8 Å². The quantitative estimate of drug-likeness (QED) is 0.0205. The predicted octanol–water partition coefficient (Wildman–Crippen LogP) is 10.7. The fraction of sp³-hybridized carbons (Fsp3) is 0.721. The number of epoxide rings is 1. The van der Waals surface area contributed by atoms with Gasteiger partial charge in [0.25, 0.3) is 0 Å². The molecule has 0 bridgehead atoms. The normalized spacial score (nSPS) is 17.7. The molecule has 10 nitrogen and oxygen atoms in total. The highest BCUT2D eigenvalue weighted by Gasteiger charge is 2.36. The zero-order chi connectivity index (χ0) is 39.4. The molecule has 1 fully saturated rings. The maximum atomic E-state index is 12.6. The Labute approximate surface area is 327 Å². The SMILES string of the molecule is CC/C=C\C/C=C\C/C=C\C/C=C\CCCCCCC(=O)O[C@H](COC(=O)CCCCCCCC1OC1C/C=C\CCCCC)COP(=O)(O)OCCN. The van der Waals surface area contributed by atoms with Crippen LogP contribution >= 0.6 is 7.82 Å². The van der Waals surface area contributed by atoms with E-state index in [2.05, 4.69) is 74.6 Å². The number of nitrogens with two attached hydrogens (primary N) is 1. The topological polar surface area (TPSA) is 147 Å². The van der Waals surface area contributed by atoms with Crippen molar-refractivity contribution < 1.29 is 42.3 Å². The van der Waals surface area contributed by atoms with E-state index in [1.165, 1.54) is 19.3 Å². The van der Waals surface area contributed by atoms with E-state index >= 15 is 0 Å². The van der Waals surface area contributed by atoms with Crippen molar-refractivity contribution in [3.8, 4) is 0 Å². The number of hydrogen-bond acceptors (Lipinski definition) is 9. The van der Waals surface area contributed by atoms with Gasteiger partial charge in [0.2, 0.25) is 0 Å². The lowest BCUT2D eigenvalue weighted by molar-refractivity contribution is -0.161. The second kappa shape index (κ2) is 35.1. The van der Waals surface area contributed by atoms with Crippen molar-refractivity contribution in [2.24, 2.45) is 5.73 Å². The molecule has 54 heavy (non-hydrogen) atoms. The van der Waals surface area contributed by atoms with E-state index in [0.717, 1.165) is 96.3 Å². The average Bonchev–Trinajstić information content (AvgIpc) is 3.91. The zero-order valence-corrected chi connectivity index (χ0v) is 34.5. The van der Waals surface area contributed by atoms with Crippen LogP contribution in [0.1, 0.15) is 155 Å². The summed E-state index contributed by atoms with van der Waals surface area (Å²) < 4.78 is 38.5. The van der Waals surface area contributed by atoms with Crippen LogP contribution in [-0.2, 0) is 37.4 Å². The van der Waals surface area contributed by atoms with E-state index in [1.807, 2.05) is 0 Å². The Balaban J connectivity index is 2.23. The molecule has 3 N–H and O–H groups in total. The van der Waals surface area contributed by atoms with Crippen molar-refractivity contribution in [2.75, 3.05) is 26.4 Å². The molecule has 0 saturated carbocycles. The minimum Gasteiger partial charge on any atom is -0.462 e. The summed E-state index contributed by atoms with van der Waals surface area (Å²) in [5.74, 6) is -0.885. The number of carbonyl (C=O) groups excluding carboxylic acids is 2. The van der Waals surface area contributed by atoms with Crippen molar-refractivity contribution in [1.29, 1.82) is 0 Å². The molecule has 1 rings (SSSR count). The van der Waals surface area contributed by atoms with E-state index < -0.39 is 32.5 Å². The van der Waals surface area contributed by atoms with Gasteiger partial charge in [0, 0.05) is 19.4 Å². The third-order valence-corrected chi connectivity index (χ3v) is 9.80. The van der Waals surface area contributed by atoms with Crippen LogP contribution in [-0.4, -0.2) is 61.5 Å². The third kappa shape index (κ3) is 32.0. The second-order valence-corrected chi connectivity index (χ2v) is 15.3. The molecule has 310 valence electrons. The predicted molar refractivity (Wildman–Crippen MR) is 219 cm³/mol. The number of ether oxygens (including phenoxy) is 3. The van der Waals surface area contributed by atoms with Crippen LogP contribution in [0.3, 0.4) is 0 Å².